The molecule has 0 nitrogen and oxygen atoms in total. The van der Waals surface area contributed by atoms with Gasteiger partial charge < -0.3 is 0 Å². The number of benzene rings is 2. The molecule has 0 atom stereocenters. The normalized spacial score (nSPS) is 9.75. The van der Waals surface area contributed by atoms with E-state index in [-0.39, 0.29) is 0 Å². The average Bonchev–Trinajstić information content (AvgIpc) is 2.39. The van der Waals surface area contributed by atoms with Gasteiger partial charge in [-0.1, -0.05) is 24.3 Å². The van der Waals surface area contributed by atoms with Crippen molar-refractivity contribution in [2.24, 2.45) is 0 Å². The van der Waals surface area contributed by atoms with Crippen LogP contribution >= 0.6 is 0 Å². The van der Waals surface area contributed by atoms with E-state index in [4.69, 9.17) is 13.2 Å². The van der Waals surface area contributed by atoms with Crippen LogP contribution in [0.2, 0.25) is 0 Å². The van der Waals surface area contributed by atoms with Gasteiger partial charge in [0.2, 0.25) is 0 Å². The molecule has 2 rings (SSSR count). The van der Waals surface area contributed by atoms with Gasteiger partial charge in [-0.15, -0.1) is 24.3 Å². The molecule has 0 aromatic heterocycles. The molecule has 0 N–H and O–H groups in total. The summed E-state index contributed by atoms with van der Waals surface area (Å²) in [6.07, 6.45) is 3.19. The van der Waals surface area contributed by atoms with Crippen molar-refractivity contribution in [1.29, 1.82) is 0 Å². The van der Waals surface area contributed by atoms with Gasteiger partial charge in [0.15, 0.2) is 0 Å². The van der Waals surface area contributed by atoms with Gasteiger partial charge in [0.1, 0.15) is 0 Å². The fraction of sp³-hybridized carbons (Fsp3) is 0. The molecule has 78 valence electrons. The third-order valence-corrected chi connectivity index (χ3v) is 2.54. The van der Waals surface area contributed by atoms with Gasteiger partial charge in [-0.3, -0.25) is 13.2 Å². The summed E-state index contributed by atoms with van der Waals surface area (Å²) in [7, 11) is 0. The molecule has 2 aromatic carbocycles. The molecule has 0 spiro atoms. The van der Waals surface area contributed by atoms with E-state index >= 15 is 0 Å². The Morgan fingerprint density at radius 3 is 1.12 bits per heavy atom. The summed E-state index contributed by atoms with van der Waals surface area (Å²) in [5.41, 5.74) is 4.40. The lowest BCUT2D eigenvalue weighted by atomic mass is 10.0. The zero-order valence-corrected chi connectivity index (χ0v) is 8.93. The Hall–Kier alpha value is -2.08. The molecule has 2 aromatic rings. The highest BCUT2D eigenvalue weighted by Gasteiger charge is 1.92. The van der Waals surface area contributed by atoms with Gasteiger partial charge in [0.05, 0.1) is 0 Å². The Labute approximate surface area is 96.6 Å². The van der Waals surface area contributed by atoms with Crippen LogP contribution in [0.15, 0.2) is 48.5 Å². The van der Waals surface area contributed by atoms with Gasteiger partial charge >= 0.3 is 0 Å². The summed E-state index contributed by atoms with van der Waals surface area (Å²) >= 11 is 0. The molecule has 0 heterocycles. The van der Waals surface area contributed by atoms with Gasteiger partial charge in [-0.25, -0.2) is 12.2 Å². The summed E-state index contributed by atoms with van der Waals surface area (Å²) in [6.45, 7) is 10.9. The largest absolute Gasteiger partial charge is 0.292 e. The monoisotopic (exact) mass is 204 g/mol. The third kappa shape index (κ3) is 2.12. The number of hydrogen-bond donors (Lipinski definition) is 0. The van der Waals surface area contributed by atoms with E-state index in [1.54, 1.807) is 12.2 Å². The Balaban J connectivity index is 2.34. The van der Waals surface area contributed by atoms with E-state index in [0.29, 0.717) is 0 Å². The van der Waals surface area contributed by atoms with Crippen LogP contribution in [-0.4, -0.2) is 0 Å². The summed E-state index contributed by atoms with van der Waals surface area (Å²) in [4.78, 5) is 0. The van der Waals surface area contributed by atoms with E-state index in [2.05, 4.69) is 24.3 Å². The maximum absolute atomic E-state index is 5.43. The Bertz CT molecular complexity index is 437. The third-order valence-electron chi connectivity index (χ3n) is 2.54. The molecule has 0 aliphatic heterocycles. The quantitative estimate of drug-likeness (QED) is 0.656. The van der Waals surface area contributed by atoms with E-state index in [1.807, 2.05) is 24.3 Å². The van der Waals surface area contributed by atoms with Gasteiger partial charge in [-0.05, 0) is 11.1 Å². The molecule has 0 aliphatic rings. The Morgan fingerprint density at radius 1 is 0.562 bits per heavy atom. The van der Waals surface area contributed by atoms with Crippen LogP contribution in [0.4, 0.5) is 0 Å². The minimum atomic E-state index is 1.02. The fourth-order valence-electron chi connectivity index (χ4n) is 1.57. The van der Waals surface area contributed by atoms with Crippen LogP contribution in [0.5, 0.6) is 0 Å². The molecule has 0 radical (unpaired) electrons. The van der Waals surface area contributed by atoms with Crippen LogP contribution in [0.1, 0.15) is 11.1 Å². The van der Waals surface area contributed by atoms with Crippen molar-refractivity contribution in [3.63, 3.8) is 0 Å². The second-order valence-corrected chi connectivity index (χ2v) is 3.58. The maximum atomic E-state index is 5.43. The molecule has 0 heteroatoms. The van der Waals surface area contributed by atoms with Crippen molar-refractivity contribution in [2.75, 3.05) is 0 Å². The van der Waals surface area contributed by atoms with Crippen LogP contribution < -0.4 is 0 Å². The minimum Gasteiger partial charge on any atom is -0.292 e. The summed E-state index contributed by atoms with van der Waals surface area (Å²) in [6, 6.07) is 16.2. The standard InChI is InChI=1S/C16H12/c1-3-13-5-9-15(10-6-13)16-11-7-14(4-2)8-12-16/h1-12H/q-2. The van der Waals surface area contributed by atoms with Gasteiger partial charge in [0.25, 0.3) is 0 Å². The van der Waals surface area contributed by atoms with Crippen LogP contribution in [0.3, 0.4) is 0 Å². The minimum absolute atomic E-state index is 1.02. The molecule has 0 fully saturated rings. The smallest absolute Gasteiger partial charge is 0.0215 e. The second-order valence-electron chi connectivity index (χ2n) is 3.58. The van der Waals surface area contributed by atoms with Gasteiger partial charge in [-0.2, -0.15) is 11.1 Å². The van der Waals surface area contributed by atoms with E-state index < -0.39 is 0 Å². The first kappa shape index (κ1) is 10.4. The molecule has 0 amide bonds. The molecule has 0 aliphatic carbocycles. The summed E-state index contributed by atoms with van der Waals surface area (Å²) in [5, 5.41) is 0. The van der Waals surface area contributed by atoms with E-state index in [0.717, 1.165) is 11.1 Å². The van der Waals surface area contributed by atoms with Gasteiger partial charge in [0, 0.05) is 0 Å². The molecular formula is C16H12-2. The van der Waals surface area contributed by atoms with Crippen LogP contribution in [0, 0.1) is 13.2 Å². The lowest BCUT2D eigenvalue weighted by Crippen LogP contribution is -1.79. The zero-order chi connectivity index (χ0) is 11.4. The van der Waals surface area contributed by atoms with E-state index in [9.17, 15) is 0 Å². The molecule has 0 saturated heterocycles. The summed E-state index contributed by atoms with van der Waals surface area (Å²) < 4.78 is 0. The Morgan fingerprint density at radius 2 is 0.875 bits per heavy atom. The predicted octanol–water partition coefficient (Wildman–Crippen LogP) is 4.25. The number of rotatable bonds is 3. The lowest BCUT2D eigenvalue weighted by Gasteiger charge is -2.08. The molecule has 0 bridgehead atoms. The van der Waals surface area contributed by atoms with Crippen molar-refractivity contribution >= 4 is 12.2 Å². The Kier molecular flexibility index (Phi) is 3.02. The van der Waals surface area contributed by atoms with Crippen molar-refractivity contribution in [3.8, 4) is 11.1 Å². The SMILES string of the molecule is [CH-]=Cc1ccc(-c2ccc(C=[CH-])cc2)cc1. The highest BCUT2D eigenvalue weighted by Crippen LogP contribution is 2.20. The average molecular weight is 204 g/mol. The van der Waals surface area contributed by atoms with Crippen LogP contribution in [-0.2, 0) is 0 Å². The zero-order valence-electron chi connectivity index (χ0n) is 8.93. The molecular weight excluding hydrogens is 192 g/mol. The van der Waals surface area contributed by atoms with Crippen molar-refractivity contribution in [3.05, 3.63) is 72.8 Å². The van der Waals surface area contributed by atoms with Crippen molar-refractivity contribution < 1.29 is 0 Å². The highest BCUT2D eigenvalue weighted by atomic mass is 14.0. The molecule has 0 unspecified atom stereocenters. The fourth-order valence-corrected chi connectivity index (χ4v) is 1.57. The highest BCUT2D eigenvalue weighted by molar-refractivity contribution is 5.66. The van der Waals surface area contributed by atoms with Crippen LogP contribution in [0.25, 0.3) is 23.3 Å². The first-order chi connectivity index (χ1) is 7.83. The van der Waals surface area contributed by atoms with Crippen molar-refractivity contribution in [1.82, 2.24) is 0 Å². The lowest BCUT2D eigenvalue weighted by molar-refractivity contribution is 1.59. The first-order valence-electron chi connectivity index (χ1n) is 5.14. The molecule has 16 heavy (non-hydrogen) atoms. The van der Waals surface area contributed by atoms with E-state index in [1.165, 1.54) is 11.1 Å². The second kappa shape index (κ2) is 4.63. The number of hydrogen-bond acceptors (Lipinski definition) is 0. The first-order valence-corrected chi connectivity index (χ1v) is 5.14. The molecule has 0 saturated carbocycles. The van der Waals surface area contributed by atoms with Crippen molar-refractivity contribution in [2.45, 2.75) is 0 Å². The summed E-state index contributed by atoms with van der Waals surface area (Å²) in [5.74, 6) is 0. The maximum Gasteiger partial charge on any atom is -0.0215 e. The predicted molar refractivity (Wildman–Crippen MR) is 69.4 cm³/mol. The topological polar surface area (TPSA) is 0 Å².